The van der Waals surface area contributed by atoms with E-state index in [0.29, 0.717) is 12.8 Å². The lowest BCUT2D eigenvalue weighted by atomic mass is 9.78. The monoisotopic (exact) mass is 473 g/mol. The average Bonchev–Trinajstić information content (AvgIpc) is 3.23. The molecule has 8 heteroatoms. The zero-order valence-electron chi connectivity index (χ0n) is 20.4. The second-order valence-electron chi connectivity index (χ2n) is 10.9. The van der Waals surface area contributed by atoms with Crippen molar-refractivity contribution in [1.82, 2.24) is 4.98 Å². The van der Waals surface area contributed by atoms with Gasteiger partial charge in [0.1, 0.15) is 12.2 Å². The predicted molar refractivity (Wildman–Crippen MR) is 123 cm³/mol. The van der Waals surface area contributed by atoms with Crippen molar-refractivity contribution >= 4 is 11.8 Å². The highest BCUT2D eigenvalue weighted by Crippen LogP contribution is 2.48. The Morgan fingerprint density at radius 2 is 1.97 bits per heavy atom. The van der Waals surface area contributed by atoms with Gasteiger partial charge in [-0.3, -0.25) is 9.78 Å². The van der Waals surface area contributed by atoms with E-state index in [-0.39, 0.29) is 29.3 Å². The molecule has 4 bridgehead atoms. The molecular formula is C26H35NO7. The Morgan fingerprint density at radius 3 is 2.65 bits per heavy atom. The van der Waals surface area contributed by atoms with Crippen LogP contribution in [0, 0.1) is 17.3 Å². The lowest BCUT2D eigenvalue weighted by Crippen LogP contribution is -2.69. The van der Waals surface area contributed by atoms with Crippen molar-refractivity contribution in [1.29, 1.82) is 0 Å². The first-order chi connectivity index (χ1) is 15.9. The van der Waals surface area contributed by atoms with Gasteiger partial charge in [0.25, 0.3) is 0 Å². The van der Waals surface area contributed by atoms with E-state index in [4.69, 9.17) is 14.2 Å². The smallest absolute Gasteiger partial charge is 0.340 e. The minimum absolute atomic E-state index is 0.194. The summed E-state index contributed by atoms with van der Waals surface area (Å²) in [6.45, 7) is 9.35. The fourth-order valence-corrected chi connectivity index (χ4v) is 5.38. The minimum atomic E-state index is -2.34. The summed E-state index contributed by atoms with van der Waals surface area (Å²) in [5.41, 5.74) is -1.34. The number of ether oxygens (including phenoxy) is 3. The molecule has 0 radical (unpaired) electrons. The largest absolute Gasteiger partial charge is 0.453 e. The summed E-state index contributed by atoms with van der Waals surface area (Å²) in [6.07, 6.45) is 4.13. The number of Topliss-reactive ketones (excluding diaryl/α,β-unsaturated/α-hetero) is 1. The summed E-state index contributed by atoms with van der Waals surface area (Å²) in [4.78, 5) is 30.1. The fraction of sp³-hybridized carbons (Fsp3) is 0.654. The molecule has 0 saturated carbocycles. The average molecular weight is 474 g/mol. The summed E-state index contributed by atoms with van der Waals surface area (Å²) < 4.78 is 18.1. The van der Waals surface area contributed by atoms with Crippen LogP contribution in [0.15, 0.2) is 36.7 Å². The zero-order valence-corrected chi connectivity index (χ0v) is 20.4. The van der Waals surface area contributed by atoms with Crippen LogP contribution < -0.4 is 0 Å². The van der Waals surface area contributed by atoms with Crippen LogP contribution in [-0.4, -0.2) is 62.8 Å². The van der Waals surface area contributed by atoms with Crippen molar-refractivity contribution in [3.8, 4) is 0 Å². The van der Waals surface area contributed by atoms with Crippen molar-refractivity contribution < 1.29 is 34.0 Å². The van der Waals surface area contributed by atoms with E-state index in [1.165, 1.54) is 12.4 Å². The highest BCUT2D eigenvalue weighted by Gasteiger charge is 2.62. The van der Waals surface area contributed by atoms with E-state index < -0.39 is 47.5 Å². The first kappa shape index (κ1) is 25.0. The Balaban J connectivity index is 1.74. The summed E-state index contributed by atoms with van der Waals surface area (Å²) in [5, 5.41) is 23.5. The van der Waals surface area contributed by atoms with Gasteiger partial charge in [0.05, 0.1) is 17.3 Å². The number of carbonyl (C=O) groups excluding carboxylic acids is 2. The van der Waals surface area contributed by atoms with E-state index in [1.54, 1.807) is 32.9 Å². The number of esters is 1. The van der Waals surface area contributed by atoms with Gasteiger partial charge in [-0.05, 0) is 38.3 Å². The molecule has 4 rings (SSSR count). The molecule has 3 aliphatic rings. The molecule has 0 aliphatic carbocycles. The number of aliphatic hydroxyl groups excluding tert-OH is 1. The number of pyridine rings is 1. The Hall–Kier alpha value is -2.13. The number of aromatic nitrogens is 1. The third-order valence-electron chi connectivity index (χ3n) is 7.67. The predicted octanol–water partition coefficient (Wildman–Crippen LogP) is 2.82. The number of hydrogen-bond donors (Lipinski definition) is 2. The quantitative estimate of drug-likeness (QED) is 0.498. The molecule has 8 nitrogen and oxygen atoms in total. The number of ketones is 1. The van der Waals surface area contributed by atoms with Gasteiger partial charge in [-0.15, -0.1) is 0 Å². The standard InChI is InChI=1S/C26H35NO7/c1-15-8-10-24(3,4)19-9-11-25(5,34-19)23(30)26(31)21(16(2)13-18(33-26)20(15)28)32-22(29)17-7-6-12-27-14-17/h6-8,10,12,14-16,18-19,21,23,30-31H,9,11,13H2,1-5H3. The summed E-state index contributed by atoms with van der Waals surface area (Å²) in [7, 11) is 0. The third-order valence-corrected chi connectivity index (χ3v) is 7.67. The van der Waals surface area contributed by atoms with E-state index in [2.05, 4.69) is 4.98 Å². The molecule has 2 fully saturated rings. The number of rotatable bonds is 2. The number of carbonyl (C=O) groups is 2. The van der Waals surface area contributed by atoms with E-state index in [1.807, 2.05) is 26.0 Å². The van der Waals surface area contributed by atoms with Crippen LogP contribution in [0.2, 0.25) is 0 Å². The molecule has 8 unspecified atom stereocenters. The third kappa shape index (κ3) is 4.33. The van der Waals surface area contributed by atoms with Crippen LogP contribution in [0.5, 0.6) is 0 Å². The molecular weight excluding hydrogens is 438 g/mol. The van der Waals surface area contributed by atoms with Gasteiger partial charge < -0.3 is 24.4 Å². The summed E-state index contributed by atoms with van der Waals surface area (Å²) in [5.74, 6) is -4.16. The van der Waals surface area contributed by atoms with Gasteiger partial charge in [-0.1, -0.05) is 39.8 Å². The number of aliphatic hydroxyl groups is 2. The molecule has 186 valence electrons. The topological polar surface area (TPSA) is 115 Å². The maximum Gasteiger partial charge on any atom is 0.340 e. The molecule has 34 heavy (non-hydrogen) atoms. The van der Waals surface area contributed by atoms with Crippen LogP contribution in [0.3, 0.4) is 0 Å². The van der Waals surface area contributed by atoms with Gasteiger partial charge in [0.15, 0.2) is 11.9 Å². The normalized spacial score (nSPS) is 41.9. The van der Waals surface area contributed by atoms with Gasteiger partial charge >= 0.3 is 5.97 Å². The molecule has 2 N–H and O–H groups in total. The fourth-order valence-electron chi connectivity index (χ4n) is 5.38. The Bertz CT molecular complexity index is 963. The van der Waals surface area contributed by atoms with Crippen molar-refractivity contribution in [2.45, 2.75) is 89.7 Å². The van der Waals surface area contributed by atoms with E-state index in [9.17, 15) is 19.8 Å². The molecule has 8 atom stereocenters. The van der Waals surface area contributed by atoms with Gasteiger partial charge in [-0.25, -0.2) is 4.79 Å². The number of allylic oxidation sites excluding steroid dienone is 1. The SMILES string of the molecule is CC1C=CC(C)(C)C2CCC(C)(O2)C(O)C2(O)OC(CC(C)C2OC(=O)c2cccnc2)C1=O. The first-order valence-electron chi connectivity index (χ1n) is 12.0. The molecule has 3 aliphatic heterocycles. The van der Waals surface area contributed by atoms with Crippen molar-refractivity contribution in [3.63, 3.8) is 0 Å². The van der Waals surface area contributed by atoms with Crippen molar-refractivity contribution in [2.24, 2.45) is 17.3 Å². The number of nitrogens with zero attached hydrogens (tertiary/aromatic N) is 1. The Kier molecular flexibility index (Phi) is 6.48. The van der Waals surface area contributed by atoms with Crippen LogP contribution in [0.1, 0.15) is 64.2 Å². The van der Waals surface area contributed by atoms with Crippen LogP contribution in [-0.2, 0) is 19.0 Å². The summed E-state index contributed by atoms with van der Waals surface area (Å²) in [6, 6.07) is 3.16. The lowest BCUT2D eigenvalue weighted by Gasteiger charge is -2.51. The molecule has 1 aromatic rings. The van der Waals surface area contributed by atoms with Gasteiger partial charge in [-0.2, -0.15) is 0 Å². The zero-order chi connectivity index (χ0) is 24.9. The first-order valence-corrected chi connectivity index (χ1v) is 12.0. The number of fused-ring (bicyclic) bond motifs is 4. The molecule has 4 heterocycles. The second-order valence-corrected chi connectivity index (χ2v) is 10.9. The van der Waals surface area contributed by atoms with E-state index in [0.717, 1.165) is 0 Å². The molecule has 0 amide bonds. The van der Waals surface area contributed by atoms with Crippen molar-refractivity contribution in [3.05, 3.63) is 42.2 Å². The maximum atomic E-state index is 13.3. The number of hydrogen-bond acceptors (Lipinski definition) is 8. The maximum absolute atomic E-state index is 13.3. The highest BCUT2D eigenvalue weighted by atomic mass is 16.7. The molecule has 0 aromatic carbocycles. The van der Waals surface area contributed by atoms with E-state index >= 15 is 0 Å². The van der Waals surface area contributed by atoms with Crippen LogP contribution in [0.25, 0.3) is 0 Å². The van der Waals surface area contributed by atoms with Crippen LogP contribution in [0.4, 0.5) is 0 Å². The minimum Gasteiger partial charge on any atom is -0.453 e. The molecule has 1 aromatic heterocycles. The Labute approximate surface area is 200 Å². The molecule has 0 spiro atoms. The van der Waals surface area contributed by atoms with Gasteiger partial charge in [0.2, 0.25) is 5.79 Å². The Morgan fingerprint density at radius 1 is 1.24 bits per heavy atom. The van der Waals surface area contributed by atoms with Crippen LogP contribution >= 0.6 is 0 Å². The van der Waals surface area contributed by atoms with Crippen molar-refractivity contribution in [2.75, 3.05) is 0 Å². The highest BCUT2D eigenvalue weighted by molar-refractivity contribution is 5.89. The summed E-state index contributed by atoms with van der Waals surface area (Å²) >= 11 is 0. The van der Waals surface area contributed by atoms with Gasteiger partial charge in [0, 0.05) is 29.6 Å². The second kappa shape index (κ2) is 8.82. The lowest BCUT2D eigenvalue weighted by molar-refractivity contribution is -0.362. The molecule has 2 saturated heterocycles.